The molecule has 0 radical (unpaired) electrons. The third-order valence-corrected chi connectivity index (χ3v) is 4.14. The third-order valence-electron chi connectivity index (χ3n) is 4.14. The highest BCUT2D eigenvalue weighted by Crippen LogP contribution is 2.28. The van der Waals surface area contributed by atoms with Crippen LogP contribution in [0.5, 0.6) is 17.2 Å². The molecule has 5 nitrogen and oxygen atoms in total. The minimum Gasteiger partial charge on any atom is -0.497 e. The molecule has 0 spiro atoms. The second kappa shape index (κ2) is 11.1. The molecule has 0 aliphatic heterocycles. The van der Waals surface area contributed by atoms with E-state index in [9.17, 15) is 4.79 Å². The van der Waals surface area contributed by atoms with Gasteiger partial charge in [-0.3, -0.25) is 4.79 Å². The highest BCUT2D eigenvalue weighted by molar-refractivity contribution is 5.76. The zero-order valence-electron chi connectivity index (χ0n) is 16.4. The summed E-state index contributed by atoms with van der Waals surface area (Å²) in [6.45, 7) is 5.69. The first-order valence-electron chi connectivity index (χ1n) is 9.44. The minimum absolute atomic E-state index is 0.0572. The van der Waals surface area contributed by atoms with E-state index >= 15 is 0 Å². The normalized spacial score (nSPS) is 10.3. The zero-order chi connectivity index (χ0) is 19.5. The van der Waals surface area contributed by atoms with E-state index in [0.717, 1.165) is 34.8 Å². The van der Waals surface area contributed by atoms with Gasteiger partial charge in [0.1, 0.15) is 5.75 Å². The number of aryl methyl sites for hydroxylation is 1. The fourth-order valence-electron chi connectivity index (χ4n) is 2.74. The summed E-state index contributed by atoms with van der Waals surface area (Å²) in [6, 6.07) is 13.7. The lowest BCUT2D eigenvalue weighted by Crippen LogP contribution is -2.25. The van der Waals surface area contributed by atoms with Crippen LogP contribution in [0.3, 0.4) is 0 Å². The Hall–Kier alpha value is -2.69. The molecule has 1 N–H and O–H groups in total. The molecule has 0 atom stereocenters. The van der Waals surface area contributed by atoms with E-state index in [1.165, 1.54) is 0 Å². The van der Waals surface area contributed by atoms with Crippen molar-refractivity contribution in [1.82, 2.24) is 5.32 Å². The first-order valence-corrected chi connectivity index (χ1v) is 9.44. The summed E-state index contributed by atoms with van der Waals surface area (Å²) in [4.78, 5) is 12.1. The van der Waals surface area contributed by atoms with Crippen molar-refractivity contribution < 1.29 is 19.0 Å². The third kappa shape index (κ3) is 6.85. The number of hydrogen-bond acceptors (Lipinski definition) is 4. The van der Waals surface area contributed by atoms with Crippen LogP contribution >= 0.6 is 0 Å². The molecule has 0 heterocycles. The lowest BCUT2D eigenvalue weighted by Gasteiger charge is -2.12. The molecule has 2 aromatic carbocycles. The van der Waals surface area contributed by atoms with Crippen molar-refractivity contribution in [2.75, 3.05) is 26.9 Å². The SMILES string of the molecule is CCOc1ccc(CCNC(=O)CCc2ccc(OC)cc2)cc1OCC. The maximum Gasteiger partial charge on any atom is 0.220 e. The van der Waals surface area contributed by atoms with E-state index in [2.05, 4.69) is 5.32 Å². The van der Waals surface area contributed by atoms with Crippen LogP contribution in [0.15, 0.2) is 42.5 Å². The molecule has 0 fully saturated rings. The predicted molar refractivity (Wildman–Crippen MR) is 107 cm³/mol. The van der Waals surface area contributed by atoms with E-state index in [0.29, 0.717) is 32.6 Å². The molecule has 0 saturated carbocycles. The van der Waals surface area contributed by atoms with Crippen molar-refractivity contribution in [2.45, 2.75) is 33.1 Å². The number of carbonyl (C=O) groups excluding carboxylic acids is 1. The van der Waals surface area contributed by atoms with E-state index in [1.807, 2.05) is 56.3 Å². The van der Waals surface area contributed by atoms with Gasteiger partial charge in [0.05, 0.1) is 20.3 Å². The number of carbonyl (C=O) groups is 1. The minimum atomic E-state index is 0.0572. The molecule has 1 amide bonds. The van der Waals surface area contributed by atoms with E-state index in [1.54, 1.807) is 7.11 Å². The first kappa shape index (κ1) is 20.6. The van der Waals surface area contributed by atoms with Crippen molar-refractivity contribution in [3.05, 3.63) is 53.6 Å². The molecule has 5 heteroatoms. The number of rotatable bonds is 11. The fraction of sp³-hybridized carbons (Fsp3) is 0.409. The monoisotopic (exact) mass is 371 g/mol. The van der Waals surface area contributed by atoms with Crippen molar-refractivity contribution in [1.29, 1.82) is 0 Å². The Morgan fingerprint density at radius 2 is 1.56 bits per heavy atom. The van der Waals surface area contributed by atoms with Gasteiger partial charge in [0.2, 0.25) is 5.91 Å². The zero-order valence-corrected chi connectivity index (χ0v) is 16.4. The van der Waals surface area contributed by atoms with Crippen molar-refractivity contribution >= 4 is 5.91 Å². The number of amides is 1. The molecule has 146 valence electrons. The summed E-state index contributed by atoms with van der Waals surface area (Å²) in [5.74, 6) is 2.39. The molecular formula is C22H29NO4. The summed E-state index contributed by atoms with van der Waals surface area (Å²) in [5.41, 5.74) is 2.23. The Bertz CT molecular complexity index is 713. The second-order valence-electron chi connectivity index (χ2n) is 6.10. The molecule has 0 aliphatic rings. The Kier molecular flexibility index (Phi) is 8.49. The van der Waals surface area contributed by atoms with Gasteiger partial charge < -0.3 is 19.5 Å². The summed E-state index contributed by atoms with van der Waals surface area (Å²) >= 11 is 0. The van der Waals surface area contributed by atoms with Gasteiger partial charge in [-0.2, -0.15) is 0 Å². The second-order valence-corrected chi connectivity index (χ2v) is 6.10. The molecule has 2 aromatic rings. The van der Waals surface area contributed by atoms with E-state index in [-0.39, 0.29) is 5.91 Å². The number of ether oxygens (including phenoxy) is 3. The topological polar surface area (TPSA) is 56.8 Å². The van der Waals surface area contributed by atoms with E-state index in [4.69, 9.17) is 14.2 Å². The van der Waals surface area contributed by atoms with E-state index < -0.39 is 0 Å². The largest absolute Gasteiger partial charge is 0.497 e. The summed E-state index contributed by atoms with van der Waals surface area (Å²) in [6.07, 6.45) is 1.94. The van der Waals surface area contributed by atoms with Gasteiger partial charge in [0.15, 0.2) is 11.5 Å². The highest BCUT2D eigenvalue weighted by atomic mass is 16.5. The average Bonchev–Trinajstić information content (AvgIpc) is 2.69. The van der Waals surface area contributed by atoms with Gasteiger partial charge in [0.25, 0.3) is 0 Å². The van der Waals surface area contributed by atoms with Gasteiger partial charge in [0, 0.05) is 13.0 Å². The van der Waals surface area contributed by atoms with Crippen LogP contribution in [0.2, 0.25) is 0 Å². The molecule has 0 unspecified atom stereocenters. The molecule has 0 saturated heterocycles. The molecule has 0 aromatic heterocycles. The van der Waals surface area contributed by atoms with Gasteiger partial charge in [-0.15, -0.1) is 0 Å². The van der Waals surface area contributed by atoms with Crippen LogP contribution in [0.4, 0.5) is 0 Å². The number of benzene rings is 2. The first-order chi connectivity index (χ1) is 13.2. The lowest BCUT2D eigenvalue weighted by molar-refractivity contribution is -0.121. The van der Waals surface area contributed by atoms with Crippen molar-refractivity contribution in [3.63, 3.8) is 0 Å². The van der Waals surface area contributed by atoms with Crippen LogP contribution in [0, 0.1) is 0 Å². The summed E-state index contributed by atoms with van der Waals surface area (Å²) in [5, 5.41) is 2.98. The predicted octanol–water partition coefficient (Wildman–Crippen LogP) is 3.78. The number of nitrogens with one attached hydrogen (secondary N) is 1. The maximum absolute atomic E-state index is 12.1. The standard InChI is InChI=1S/C22H29NO4/c1-4-26-20-12-8-18(16-21(20)27-5-2)14-15-23-22(24)13-9-17-6-10-19(25-3)11-7-17/h6-8,10-12,16H,4-5,9,13-15H2,1-3H3,(H,23,24). The summed E-state index contributed by atoms with van der Waals surface area (Å²) < 4.78 is 16.4. The average molecular weight is 371 g/mol. The quantitative estimate of drug-likeness (QED) is 0.653. The lowest BCUT2D eigenvalue weighted by atomic mass is 10.1. The van der Waals surface area contributed by atoms with Crippen LogP contribution < -0.4 is 19.5 Å². The molecule has 0 aliphatic carbocycles. The smallest absolute Gasteiger partial charge is 0.220 e. The Labute approximate surface area is 161 Å². The van der Waals surface area contributed by atoms with Crippen LogP contribution in [-0.2, 0) is 17.6 Å². The Morgan fingerprint density at radius 3 is 2.22 bits per heavy atom. The van der Waals surface area contributed by atoms with Gasteiger partial charge in [-0.1, -0.05) is 18.2 Å². The molecule has 27 heavy (non-hydrogen) atoms. The van der Waals surface area contributed by atoms with Crippen molar-refractivity contribution in [2.24, 2.45) is 0 Å². The molecular weight excluding hydrogens is 342 g/mol. The Morgan fingerprint density at radius 1 is 0.889 bits per heavy atom. The molecule has 0 bridgehead atoms. The van der Waals surface area contributed by atoms with Crippen molar-refractivity contribution in [3.8, 4) is 17.2 Å². The van der Waals surface area contributed by atoms with Crippen LogP contribution in [-0.4, -0.2) is 32.8 Å². The fourth-order valence-corrected chi connectivity index (χ4v) is 2.74. The Balaban J connectivity index is 1.77. The number of methoxy groups -OCH3 is 1. The number of hydrogen-bond donors (Lipinski definition) is 1. The van der Waals surface area contributed by atoms with Gasteiger partial charge in [-0.05, 0) is 62.1 Å². The summed E-state index contributed by atoms with van der Waals surface area (Å²) in [7, 11) is 1.64. The van der Waals surface area contributed by atoms with Crippen LogP contribution in [0.1, 0.15) is 31.4 Å². The maximum atomic E-state index is 12.1. The van der Waals surface area contributed by atoms with Crippen LogP contribution in [0.25, 0.3) is 0 Å². The van der Waals surface area contributed by atoms with Gasteiger partial charge >= 0.3 is 0 Å². The van der Waals surface area contributed by atoms with Gasteiger partial charge in [-0.25, -0.2) is 0 Å². The molecule has 2 rings (SSSR count). The highest BCUT2D eigenvalue weighted by Gasteiger charge is 2.07.